The average Bonchev–Trinajstić information content (AvgIpc) is 3.20. The van der Waals surface area contributed by atoms with Crippen molar-refractivity contribution in [3.05, 3.63) is 59.3 Å². The van der Waals surface area contributed by atoms with Crippen LogP contribution in [0.15, 0.2) is 42.6 Å². The normalized spacial score (nSPS) is 14.6. The number of benzene rings is 1. The highest BCUT2D eigenvalue weighted by atomic mass is 19.4. The second kappa shape index (κ2) is 9.62. The summed E-state index contributed by atoms with van der Waals surface area (Å²) in [4.78, 5) is 16.3. The summed E-state index contributed by atoms with van der Waals surface area (Å²) in [5.74, 6) is 0.546. The van der Waals surface area contributed by atoms with Crippen LogP contribution in [0, 0.1) is 0 Å². The largest absolute Gasteiger partial charge is 0.474 e. The van der Waals surface area contributed by atoms with Crippen LogP contribution in [0.3, 0.4) is 0 Å². The van der Waals surface area contributed by atoms with Crippen LogP contribution in [0.1, 0.15) is 42.4 Å². The first-order valence-electron chi connectivity index (χ1n) is 9.70. The Labute approximate surface area is 167 Å². The van der Waals surface area contributed by atoms with Crippen LogP contribution in [0.5, 0.6) is 5.88 Å². The lowest BCUT2D eigenvalue weighted by atomic mass is 10.1. The highest BCUT2D eigenvalue weighted by molar-refractivity contribution is 5.73. The van der Waals surface area contributed by atoms with Crippen molar-refractivity contribution in [2.75, 3.05) is 6.54 Å². The number of ether oxygens (including phenoxy) is 1. The number of carbonyl (C=O) groups is 1. The van der Waals surface area contributed by atoms with Gasteiger partial charge in [0.05, 0.1) is 5.56 Å². The van der Waals surface area contributed by atoms with Crippen LogP contribution in [0.25, 0.3) is 0 Å². The fourth-order valence-electron chi connectivity index (χ4n) is 3.25. The first-order valence-corrected chi connectivity index (χ1v) is 9.70. The molecule has 1 aliphatic rings. The lowest BCUT2D eigenvalue weighted by molar-refractivity contribution is -0.137. The van der Waals surface area contributed by atoms with Crippen molar-refractivity contribution in [1.82, 2.24) is 15.6 Å². The van der Waals surface area contributed by atoms with Crippen LogP contribution < -0.4 is 15.4 Å². The molecule has 1 aromatic heterocycles. The Bertz CT molecular complexity index is 804. The van der Waals surface area contributed by atoms with Gasteiger partial charge in [-0.15, -0.1) is 0 Å². The number of hydrogen-bond donors (Lipinski definition) is 2. The van der Waals surface area contributed by atoms with Crippen molar-refractivity contribution in [3.63, 3.8) is 0 Å². The number of pyridine rings is 1. The summed E-state index contributed by atoms with van der Waals surface area (Å²) < 4.78 is 43.6. The number of carbonyl (C=O) groups excluding carboxylic acids is 1. The minimum absolute atomic E-state index is 0.182. The van der Waals surface area contributed by atoms with E-state index in [2.05, 4.69) is 15.6 Å². The number of rotatable bonds is 7. The zero-order chi connectivity index (χ0) is 20.7. The van der Waals surface area contributed by atoms with Crippen molar-refractivity contribution in [1.29, 1.82) is 0 Å². The molecule has 0 saturated heterocycles. The summed E-state index contributed by atoms with van der Waals surface area (Å²) in [5.41, 5.74) is 0.842. The maximum absolute atomic E-state index is 12.6. The molecule has 1 fully saturated rings. The van der Waals surface area contributed by atoms with Gasteiger partial charge in [0.25, 0.3) is 0 Å². The zero-order valence-electron chi connectivity index (χ0n) is 16.0. The Morgan fingerprint density at radius 2 is 1.83 bits per heavy atom. The number of hydrogen-bond acceptors (Lipinski definition) is 3. The Morgan fingerprint density at radius 3 is 2.52 bits per heavy atom. The van der Waals surface area contributed by atoms with Gasteiger partial charge in [0.2, 0.25) is 5.88 Å². The molecule has 1 heterocycles. The Kier molecular flexibility index (Phi) is 6.95. The number of halogens is 3. The van der Waals surface area contributed by atoms with E-state index in [1.807, 2.05) is 6.07 Å². The molecule has 1 saturated carbocycles. The fraction of sp³-hybridized carbons (Fsp3) is 0.429. The molecule has 5 nitrogen and oxygen atoms in total. The van der Waals surface area contributed by atoms with E-state index in [0.29, 0.717) is 18.8 Å². The molecule has 1 aromatic carbocycles. The van der Waals surface area contributed by atoms with E-state index in [1.54, 1.807) is 12.3 Å². The molecular weight excluding hydrogens is 383 g/mol. The van der Waals surface area contributed by atoms with Crippen LogP contribution in [0.2, 0.25) is 0 Å². The van der Waals surface area contributed by atoms with E-state index in [0.717, 1.165) is 48.9 Å². The van der Waals surface area contributed by atoms with Crippen molar-refractivity contribution in [3.8, 4) is 5.88 Å². The second-order valence-electron chi connectivity index (χ2n) is 7.05. The minimum Gasteiger partial charge on any atom is -0.474 e. The molecule has 8 heteroatoms. The van der Waals surface area contributed by atoms with E-state index in [9.17, 15) is 18.0 Å². The molecule has 29 heavy (non-hydrogen) atoms. The maximum Gasteiger partial charge on any atom is 0.416 e. The average molecular weight is 407 g/mol. The lowest BCUT2D eigenvalue weighted by Crippen LogP contribution is -2.36. The zero-order valence-corrected chi connectivity index (χ0v) is 16.0. The van der Waals surface area contributed by atoms with E-state index < -0.39 is 11.7 Å². The van der Waals surface area contributed by atoms with Gasteiger partial charge in [0.15, 0.2) is 0 Å². The summed E-state index contributed by atoms with van der Waals surface area (Å²) in [7, 11) is 0. The topological polar surface area (TPSA) is 63.2 Å². The Balaban J connectivity index is 1.42. The predicted octanol–water partition coefficient (Wildman–Crippen LogP) is 4.46. The van der Waals surface area contributed by atoms with Crippen LogP contribution in [-0.2, 0) is 19.1 Å². The molecule has 2 N–H and O–H groups in total. The van der Waals surface area contributed by atoms with Gasteiger partial charge >= 0.3 is 12.2 Å². The van der Waals surface area contributed by atoms with Gasteiger partial charge in [-0.25, -0.2) is 9.78 Å². The van der Waals surface area contributed by atoms with Crippen LogP contribution in [0.4, 0.5) is 18.0 Å². The molecule has 0 spiro atoms. The first-order chi connectivity index (χ1) is 13.9. The second-order valence-corrected chi connectivity index (χ2v) is 7.05. The summed E-state index contributed by atoms with van der Waals surface area (Å²) in [6, 6.07) is 8.23. The van der Waals surface area contributed by atoms with Gasteiger partial charge in [-0.1, -0.05) is 18.2 Å². The highest BCUT2D eigenvalue weighted by Crippen LogP contribution is 2.29. The fourth-order valence-corrected chi connectivity index (χ4v) is 3.25. The van der Waals surface area contributed by atoms with Crippen molar-refractivity contribution >= 4 is 6.03 Å². The lowest BCUT2D eigenvalue weighted by Gasteiger charge is -2.15. The third-order valence-electron chi connectivity index (χ3n) is 4.85. The van der Waals surface area contributed by atoms with Crippen molar-refractivity contribution in [2.24, 2.45) is 0 Å². The molecule has 156 valence electrons. The molecule has 2 aromatic rings. The monoisotopic (exact) mass is 407 g/mol. The Hall–Kier alpha value is -2.77. The number of amides is 2. The number of alkyl halides is 3. The van der Waals surface area contributed by atoms with Crippen LogP contribution >= 0.6 is 0 Å². The van der Waals surface area contributed by atoms with Crippen molar-refractivity contribution in [2.45, 2.75) is 50.9 Å². The molecule has 0 bridgehead atoms. The number of urea groups is 1. The third-order valence-corrected chi connectivity index (χ3v) is 4.85. The number of nitrogens with one attached hydrogen (secondary N) is 2. The van der Waals surface area contributed by atoms with E-state index in [1.165, 1.54) is 12.1 Å². The number of aromatic nitrogens is 1. The summed E-state index contributed by atoms with van der Waals surface area (Å²) in [6.07, 6.45) is 2.30. The quantitative estimate of drug-likeness (QED) is 0.712. The molecule has 0 unspecified atom stereocenters. The summed E-state index contributed by atoms with van der Waals surface area (Å²) in [6.45, 7) is 0.595. The molecule has 0 radical (unpaired) electrons. The molecule has 0 atom stereocenters. The van der Waals surface area contributed by atoms with Gasteiger partial charge in [-0.05, 0) is 55.9 Å². The summed E-state index contributed by atoms with van der Waals surface area (Å²) >= 11 is 0. The Morgan fingerprint density at radius 1 is 1.10 bits per heavy atom. The van der Waals surface area contributed by atoms with Gasteiger partial charge in [-0.3, -0.25) is 0 Å². The SMILES string of the molecule is O=C(NCCc1ccc(C(F)(F)F)cc1)NCc1cccnc1OC1CCCC1. The molecule has 1 aliphatic carbocycles. The smallest absolute Gasteiger partial charge is 0.416 e. The molecular formula is C21H24F3N3O2. The van der Waals surface area contributed by atoms with Gasteiger partial charge in [-0.2, -0.15) is 13.2 Å². The van der Waals surface area contributed by atoms with Gasteiger partial charge in [0.1, 0.15) is 6.10 Å². The summed E-state index contributed by atoms with van der Waals surface area (Å²) in [5, 5.41) is 5.47. The van der Waals surface area contributed by atoms with E-state index in [-0.39, 0.29) is 18.7 Å². The van der Waals surface area contributed by atoms with E-state index in [4.69, 9.17) is 4.74 Å². The highest BCUT2D eigenvalue weighted by Gasteiger charge is 2.29. The van der Waals surface area contributed by atoms with E-state index >= 15 is 0 Å². The van der Waals surface area contributed by atoms with Crippen LogP contribution in [-0.4, -0.2) is 23.7 Å². The molecule has 0 aliphatic heterocycles. The molecule has 3 rings (SSSR count). The predicted molar refractivity (Wildman–Crippen MR) is 103 cm³/mol. The van der Waals surface area contributed by atoms with Crippen molar-refractivity contribution < 1.29 is 22.7 Å². The molecule has 2 amide bonds. The number of nitrogens with zero attached hydrogens (tertiary/aromatic N) is 1. The third kappa shape index (κ3) is 6.37. The maximum atomic E-state index is 12.6. The minimum atomic E-state index is -4.34. The first kappa shape index (κ1) is 21.0. The van der Waals surface area contributed by atoms with Gasteiger partial charge in [0, 0.05) is 24.8 Å². The standard InChI is InChI=1S/C21H24F3N3O2/c22-21(23,24)17-9-7-15(8-10-17)11-13-26-20(28)27-14-16-4-3-12-25-19(16)29-18-5-1-2-6-18/h3-4,7-10,12,18H,1-2,5-6,11,13-14H2,(H2,26,27,28). The van der Waals surface area contributed by atoms with Gasteiger partial charge < -0.3 is 15.4 Å².